The number of ether oxygens (including phenoxy) is 1. The van der Waals surface area contributed by atoms with Crippen LogP contribution in [0.5, 0.6) is 5.75 Å². The lowest BCUT2D eigenvalue weighted by molar-refractivity contribution is -0.121. The molecule has 0 saturated heterocycles. The van der Waals surface area contributed by atoms with Crippen molar-refractivity contribution in [2.45, 2.75) is 18.9 Å². The number of carbonyl (C=O) groups excluding carboxylic acids is 1. The normalized spacial score (nSPS) is 15.6. The average Bonchev–Trinajstić information content (AvgIpc) is 2.60. The van der Waals surface area contributed by atoms with Crippen LogP contribution in [0.15, 0.2) is 48.5 Å². The monoisotopic (exact) mass is 346 g/mol. The van der Waals surface area contributed by atoms with Crippen molar-refractivity contribution in [2.24, 2.45) is 0 Å². The highest BCUT2D eigenvalue weighted by Gasteiger charge is 2.25. The molecule has 1 aliphatic heterocycles. The number of hydrogen-bond acceptors (Lipinski definition) is 3. The highest BCUT2D eigenvalue weighted by atomic mass is 35.5. The van der Waals surface area contributed by atoms with Crippen molar-refractivity contribution in [1.29, 1.82) is 0 Å². The summed E-state index contributed by atoms with van der Waals surface area (Å²) in [4.78, 5) is 12.0. The van der Waals surface area contributed by atoms with Gasteiger partial charge in [-0.25, -0.2) is 0 Å². The molecule has 1 aliphatic rings. The molecule has 24 heavy (non-hydrogen) atoms. The quantitative estimate of drug-likeness (QED) is 0.873. The summed E-state index contributed by atoms with van der Waals surface area (Å²) in [6, 6.07) is 16.4. The summed E-state index contributed by atoms with van der Waals surface area (Å²) in [6.07, 6.45) is 1.29. The van der Waals surface area contributed by atoms with Crippen LogP contribution in [-0.2, 0) is 4.79 Å². The van der Waals surface area contributed by atoms with Crippen molar-refractivity contribution in [1.82, 2.24) is 10.6 Å². The fourth-order valence-corrected chi connectivity index (χ4v) is 2.92. The van der Waals surface area contributed by atoms with Gasteiger partial charge in [-0.15, -0.1) is 12.4 Å². The summed E-state index contributed by atoms with van der Waals surface area (Å²) >= 11 is 0. The number of carbonyl (C=O) groups is 1. The van der Waals surface area contributed by atoms with E-state index in [4.69, 9.17) is 4.74 Å². The standard InChI is InChI=1S/C19H22N2O2.ClH/c1-20-12-10-18(22)21-17-11-13-23-19-15(8-5-9-16(17)19)14-6-3-2-4-7-14;/h2-9,17,20H,10-13H2,1H3,(H,21,22);1H. The lowest BCUT2D eigenvalue weighted by atomic mass is 9.94. The van der Waals surface area contributed by atoms with Crippen molar-refractivity contribution in [2.75, 3.05) is 20.2 Å². The zero-order valence-electron chi connectivity index (χ0n) is 13.7. The van der Waals surface area contributed by atoms with Crippen molar-refractivity contribution in [3.8, 4) is 16.9 Å². The van der Waals surface area contributed by atoms with Crippen LogP contribution in [0.1, 0.15) is 24.4 Å². The van der Waals surface area contributed by atoms with Crippen LogP contribution in [0.3, 0.4) is 0 Å². The van der Waals surface area contributed by atoms with Crippen molar-refractivity contribution >= 4 is 18.3 Å². The first-order valence-corrected chi connectivity index (χ1v) is 8.04. The van der Waals surface area contributed by atoms with Crippen LogP contribution in [0.2, 0.25) is 0 Å². The molecule has 1 amide bonds. The van der Waals surface area contributed by atoms with E-state index in [1.54, 1.807) is 0 Å². The molecule has 0 fully saturated rings. The summed E-state index contributed by atoms with van der Waals surface area (Å²) in [5.41, 5.74) is 3.28. The molecule has 0 saturated carbocycles. The van der Waals surface area contributed by atoms with E-state index in [2.05, 4.69) is 28.8 Å². The second-order valence-corrected chi connectivity index (χ2v) is 5.70. The molecule has 2 aromatic carbocycles. The second-order valence-electron chi connectivity index (χ2n) is 5.70. The Morgan fingerprint density at radius 1 is 1.17 bits per heavy atom. The maximum atomic E-state index is 12.0. The van der Waals surface area contributed by atoms with Gasteiger partial charge in [0, 0.05) is 30.5 Å². The fraction of sp³-hybridized carbons (Fsp3) is 0.316. The summed E-state index contributed by atoms with van der Waals surface area (Å²) in [7, 11) is 1.85. The number of halogens is 1. The molecule has 5 heteroatoms. The maximum Gasteiger partial charge on any atom is 0.221 e. The number of rotatable bonds is 5. The zero-order chi connectivity index (χ0) is 16.1. The van der Waals surface area contributed by atoms with E-state index in [0.29, 0.717) is 19.6 Å². The Balaban J connectivity index is 0.00000208. The zero-order valence-corrected chi connectivity index (χ0v) is 14.6. The first-order valence-electron chi connectivity index (χ1n) is 8.04. The smallest absolute Gasteiger partial charge is 0.221 e. The molecule has 2 aromatic rings. The summed E-state index contributed by atoms with van der Waals surface area (Å²) in [5.74, 6) is 0.964. The van der Waals surface area contributed by atoms with Gasteiger partial charge in [-0.3, -0.25) is 4.79 Å². The van der Waals surface area contributed by atoms with E-state index in [-0.39, 0.29) is 24.4 Å². The first kappa shape index (κ1) is 18.3. The SMILES string of the molecule is CNCCC(=O)NC1CCOc2c(-c3ccccc3)cccc21.Cl. The van der Waals surface area contributed by atoms with Gasteiger partial charge in [-0.2, -0.15) is 0 Å². The Morgan fingerprint density at radius 2 is 1.96 bits per heavy atom. The largest absolute Gasteiger partial charge is 0.492 e. The van der Waals surface area contributed by atoms with E-state index < -0.39 is 0 Å². The molecular weight excluding hydrogens is 324 g/mol. The predicted octanol–water partition coefficient (Wildman–Crippen LogP) is 3.32. The third-order valence-electron chi connectivity index (χ3n) is 4.10. The molecule has 0 aliphatic carbocycles. The van der Waals surface area contributed by atoms with Gasteiger partial charge in [-0.1, -0.05) is 48.5 Å². The van der Waals surface area contributed by atoms with Crippen LogP contribution in [0.4, 0.5) is 0 Å². The highest BCUT2D eigenvalue weighted by molar-refractivity contribution is 5.85. The van der Waals surface area contributed by atoms with Crippen LogP contribution in [0, 0.1) is 0 Å². The number of para-hydroxylation sites is 1. The van der Waals surface area contributed by atoms with Gasteiger partial charge in [0.05, 0.1) is 12.6 Å². The molecule has 128 valence electrons. The average molecular weight is 347 g/mol. The fourth-order valence-electron chi connectivity index (χ4n) is 2.92. The van der Waals surface area contributed by atoms with E-state index in [1.165, 1.54) is 0 Å². The minimum Gasteiger partial charge on any atom is -0.492 e. The third-order valence-corrected chi connectivity index (χ3v) is 4.10. The number of hydrogen-bond donors (Lipinski definition) is 2. The third kappa shape index (κ3) is 4.08. The number of fused-ring (bicyclic) bond motifs is 1. The molecular formula is C19H23ClN2O2. The van der Waals surface area contributed by atoms with Crippen LogP contribution < -0.4 is 15.4 Å². The lowest BCUT2D eigenvalue weighted by Gasteiger charge is -2.28. The van der Waals surface area contributed by atoms with Crippen LogP contribution in [0.25, 0.3) is 11.1 Å². The van der Waals surface area contributed by atoms with E-state index >= 15 is 0 Å². The van der Waals surface area contributed by atoms with Crippen LogP contribution >= 0.6 is 12.4 Å². The van der Waals surface area contributed by atoms with Crippen molar-refractivity contribution < 1.29 is 9.53 Å². The van der Waals surface area contributed by atoms with Gasteiger partial charge in [-0.05, 0) is 12.6 Å². The predicted molar refractivity (Wildman–Crippen MR) is 98.7 cm³/mol. The summed E-state index contributed by atoms with van der Waals surface area (Å²) < 4.78 is 5.94. The Bertz CT molecular complexity index is 676. The van der Waals surface area contributed by atoms with E-state index in [1.807, 2.05) is 37.4 Å². The molecule has 1 heterocycles. The number of benzene rings is 2. The molecule has 1 unspecified atom stereocenters. The Hall–Kier alpha value is -2.04. The molecule has 0 radical (unpaired) electrons. The van der Waals surface area contributed by atoms with Gasteiger partial charge in [0.25, 0.3) is 0 Å². The van der Waals surface area contributed by atoms with Gasteiger partial charge in [0.15, 0.2) is 0 Å². The van der Waals surface area contributed by atoms with Crippen molar-refractivity contribution in [3.63, 3.8) is 0 Å². The summed E-state index contributed by atoms with van der Waals surface area (Å²) in [5, 5.41) is 6.13. The summed E-state index contributed by atoms with van der Waals surface area (Å²) in [6.45, 7) is 1.31. The maximum absolute atomic E-state index is 12.0. The molecule has 3 rings (SSSR count). The molecule has 4 nitrogen and oxygen atoms in total. The molecule has 1 atom stereocenters. The number of amides is 1. The second kappa shape index (κ2) is 8.71. The molecule has 0 spiro atoms. The molecule has 0 bridgehead atoms. The highest BCUT2D eigenvalue weighted by Crippen LogP contribution is 2.39. The van der Waals surface area contributed by atoms with Gasteiger partial charge >= 0.3 is 0 Å². The van der Waals surface area contributed by atoms with Gasteiger partial charge < -0.3 is 15.4 Å². The Morgan fingerprint density at radius 3 is 2.71 bits per heavy atom. The van der Waals surface area contributed by atoms with E-state index in [9.17, 15) is 4.79 Å². The van der Waals surface area contributed by atoms with Gasteiger partial charge in [0.1, 0.15) is 5.75 Å². The Kier molecular flexibility index (Phi) is 6.64. The van der Waals surface area contributed by atoms with Crippen molar-refractivity contribution in [3.05, 3.63) is 54.1 Å². The van der Waals surface area contributed by atoms with E-state index in [0.717, 1.165) is 28.9 Å². The molecule has 2 N–H and O–H groups in total. The Labute approximate surface area is 149 Å². The molecule has 0 aromatic heterocycles. The lowest BCUT2D eigenvalue weighted by Crippen LogP contribution is -2.33. The minimum absolute atomic E-state index is 0. The van der Waals surface area contributed by atoms with Crippen LogP contribution in [-0.4, -0.2) is 26.1 Å². The number of nitrogens with one attached hydrogen (secondary N) is 2. The topological polar surface area (TPSA) is 50.4 Å². The van der Waals surface area contributed by atoms with Gasteiger partial charge in [0.2, 0.25) is 5.91 Å². The first-order chi connectivity index (χ1) is 11.3. The minimum atomic E-state index is 0.